The highest BCUT2D eigenvalue weighted by atomic mass is 19.4. The summed E-state index contributed by atoms with van der Waals surface area (Å²) in [6, 6.07) is 36.3. The van der Waals surface area contributed by atoms with Crippen LogP contribution in [0.2, 0.25) is 0 Å². The van der Waals surface area contributed by atoms with Crippen molar-refractivity contribution in [1.82, 2.24) is 19.9 Å². The van der Waals surface area contributed by atoms with Crippen molar-refractivity contribution < 1.29 is 91.5 Å². The quantitative estimate of drug-likeness (QED) is 0.0535. The highest BCUT2D eigenvalue weighted by Crippen LogP contribution is 2.37. The Hall–Kier alpha value is -9.44. The van der Waals surface area contributed by atoms with Gasteiger partial charge in [-0.15, -0.1) is 0 Å². The highest BCUT2D eigenvalue weighted by molar-refractivity contribution is 5.74. The van der Waals surface area contributed by atoms with E-state index in [-0.39, 0.29) is 35.6 Å². The van der Waals surface area contributed by atoms with Crippen LogP contribution in [0.4, 0.5) is 96.4 Å². The van der Waals surface area contributed by atoms with E-state index in [0.717, 1.165) is 81.9 Å². The smallest absolute Gasteiger partial charge is 0.475 e. The second-order valence-electron chi connectivity index (χ2n) is 20.4. The molecule has 4 atom stereocenters. The molecule has 0 aliphatic heterocycles. The highest BCUT2D eigenvalue weighted by Gasteiger charge is 2.39. The van der Waals surface area contributed by atoms with Crippen LogP contribution in [0.3, 0.4) is 0 Å². The van der Waals surface area contributed by atoms with Crippen molar-refractivity contribution in [2.24, 2.45) is 0 Å². The van der Waals surface area contributed by atoms with E-state index < -0.39 is 60.0 Å². The van der Waals surface area contributed by atoms with Gasteiger partial charge < -0.3 is 41.7 Å². The van der Waals surface area contributed by atoms with Crippen molar-refractivity contribution in [3.05, 3.63) is 202 Å². The average Bonchev–Trinajstić information content (AvgIpc) is 0.955. The molecule has 90 heavy (non-hydrogen) atoms. The van der Waals surface area contributed by atoms with E-state index in [0.29, 0.717) is 59.8 Å². The molecule has 14 nitrogen and oxygen atoms in total. The average molecular weight is 1270 g/mol. The molecule has 0 unspecified atom stereocenters. The maximum atomic E-state index is 13.4. The van der Waals surface area contributed by atoms with Gasteiger partial charge in [0.05, 0.1) is 46.8 Å². The zero-order chi connectivity index (χ0) is 65.9. The van der Waals surface area contributed by atoms with Gasteiger partial charge in [0.25, 0.3) is 0 Å². The second-order valence-corrected chi connectivity index (χ2v) is 20.4. The maximum absolute atomic E-state index is 13.4. The Kier molecular flexibility index (Phi) is 21.8. The van der Waals surface area contributed by atoms with E-state index in [1.165, 1.54) is 48.5 Å². The van der Waals surface area contributed by atoms with E-state index >= 15 is 0 Å². The van der Waals surface area contributed by atoms with Crippen LogP contribution < -0.4 is 21.3 Å². The van der Waals surface area contributed by atoms with Gasteiger partial charge in [0, 0.05) is 47.5 Å². The number of aliphatic hydroxyl groups excluding tert-OH is 2. The Morgan fingerprint density at radius 1 is 0.478 bits per heavy atom. The molecule has 8 aromatic rings. The van der Waals surface area contributed by atoms with Gasteiger partial charge in [0.2, 0.25) is 11.9 Å². The van der Waals surface area contributed by atoms with Crippen LogP contribution in [0.25, 0.3) is 22.5 Å². The van der Waals surface area contributed by atoms with Crippen LogP contribution in [0.1, 0.15) is 83.3 Å². The number of benzene rings is 6. The first-order chi connectivity index (χ1) is 42.2. The van der Waals surface area contributed by atoms with Gasteiger partial charge in [-0.1, -0.05) is 72.8 Å². The van der Waals surface area contributed by atoms with Gasteiger partial charge in [-0.2, -0.15) is 62.7 Å². The summed E-state index contributed by atoms with van der Waals surface area (Å²) in [5, 5.41) is 47.8. The molecular formula is C62H54F14N8O6. The fraction of sp³-hybridized carbons (Fsp3) is 0.258. The number of alkyl halides is 12. The lowest BCUT2D eigenvalue weighted by molar-refractivity contribution is -0.193. The molecule has 2 aromatic heterocycles. The number of anilines is 6. The molecule has 0 fully saturated rings. The number of hydrogen-bond donors (Lipinski definition) is 8. The number of nitrogens with zero attached hydrogens (tertiary/aromatic N) is 4. The van der Waals surface area contributed by atoms with Gasteiger partial charge >= 0.3 is 36.6 Å². The lowest BCUT2D eigenvalue weighted by atomic mass is 9.88. The number of hydrogen-bond acceptors (Lipinski definition) is 12. The van der Waals surface area contributed by atoms with Crippen molar-refractivity contribution in [2.45, 2.75) is 101 Å². The third-order valence-corrected chi connectivity index (χ3v) is 13.8. The molecule has 8 N–H and O–H groups in total. The van der Waals surface area contributed by atoms with Gasteiger partial charge in [0.1, 0.15) is 23.3 Å². The molecule has 6 aromatic carbocycles. The molecule has 476 valence electrons. The zero-order valence-corrected chi connectivity index (χ0v) is 47.1. The van der Waals surface area contributed by atoms with Crippen LogP contribution in [0, 0.1) is 11.6 Å². The minimum absolute atomic E-state index is 0.256. The van der Waals surface area contributed by atoms with Gasteiger partial charge in [-0.25, -0.2) is 28.3 Å². The summed E-state index contributed by atoms with van der Waals surface area (Å²) in [5.74, 6) is -4.80. The van der Waals surface area contributed by atoms with Crippen LogP contribution in [0.5, 0.6) is 0 Å². The largest absolute Gasteiger partial charge is 0.490 e. The summed E-state index contributed by atoms with van der Waals surface area (Å²) in [6.07, 6.45) is -15.9. The molecule has 28 heteroatoms. The minimum Gasteiger partial charge on any atom is -0.475 e. The van der Waals surface area contributed by atoms with Crippen molar-refractivity contribution in [2.75, 3.05) is 21.3 Å². The molecule has 10 rings (SSSR count). The molecule has 0 bridgehead atoms. The molecule has 2 aliphatic carbocycles. The molecule has 2 heterocycles. The number of aliphatic hydroxyl groups is 2. The summed E-state index contributed by atoms with van der Waals surface area (Å²) >= 11 is 0. The lowest BCUT2D eigenvalue weighted by Gasteiger charge is -2.24. The summed E-state index contributed by atoms with van der Waals surface area (Å²) in [4.78, 5) is 36.1. The summed E-state index contributed by atoms with van der Waals surface area (Å²) in [5.41, 5.74) is 7.91. The third-order valence-electron chi connectivity index (χ3n) is 13.8. The van der Waals surface area contributed by atoms with E-state index in [9.17, 15) is 71.7 Å². The molecule has 0 saturated carbocycles. The number of halogens is 14. The Morgan fingerprint density at radius 2 is 0.800 bits per heavy atom. The number of carbonyl (C=O) groups is 2. The van der Waals surface area contributed by atoms with E-state index in [1.54, 1.807) is 36.4 Å². The van der Waals surface area contributed by atoms with E-state index in [2.05, 4.69) is 41.2 Å². The second kappa shape index (κ2) is 28.8. The van der Waals surface area contributed by atoms with Gasteiger partial charge in [0.15, 0.2) is 0 Å². The first kappa shape index (κ1) is 68.1. The van der Waals surface area contributed by atoms with Crippen LogP contribution >= 0.6 is 0 Å². The number of aliphatic carboxylic acids is 2. The number of carboxylic acid groups (broad SMARTS) is 2. The lowest BCUT2D eigenvalue weighted by Crippen LogP contribution is -2.21. The van der Waals surface area contributed by atoms with Gasteiger partial charge in [-0.05, 0) is 134 Å². The monoisotopic (exact) mass is 1270 g/mol. The van der Waals surface area contributed by atoms with Crippen LogP contribution in [-0.2, 0) is 47.6 Å². The number of nitrogens with one attached hydrogen (secondary N) is 4. The van der Waals surface area contributed by atoms with Crippen LogP contribution in [0.15, 0.2) is 146 Å². The number of rotatable bonds is 12. The summed E-state index contributed by atoms with van der Waals surface area (Å²) in [6.45, 7) is 3.76. The molecule has 2 aliphatic rings. The number of fused-ring (bicyclic) bond motifs is 2. The Bertz CT molecular complexity index is 3500. The summed E-state index contributed by atoms with van der Waals surface area (Å²) < 4.78 is 169. The first-order valence-electron chi connectivity index (χ1n) is 27.1. The molecule has 0 amide bonds. The molecule has 0 radical (unpaired) electrons. The first-order valence-corrected chi connectivity index (χ1v) is 27.1. The molecule has 0 spiro atoms. The van der Waals surface area contributed by atoms with E-state index in [4.69, 9.17) is 19.8 Å². The number of aromatic nitrogens is 4. The fourth-order valence-electron chi connectivity index (χ4n) is 9.21. The zero-order valence-electron chi connectivity index (χ0n) is 47.1. The standard InChI is InChI=1S/2C29H26F4N4O.2C2HF3O2/c2*1-17(18-7-12-22(30)13-8-18)34-28-36-26(20-5-10-21(11-6-20)29(31,32)33)16-27(37-28)35-25-4-2-3-19-9-14-23(38)15-24(19)25;2*3-2(4,5)1(6)7/h2*2-8,10-13,16-17,23,38H,9,14-15H2,1H3,(H2,34,35,36,37);2*(H,6,7)/t17-,23+;17-,23-;;/m00../s1. The van der Waals surface area contributed by atoms with E-state index in [1.807, 2.05) is 50.2 Å². The predicted molar refractivity (Wildman–Crippen MR) is 305 cm³/mol. The number of aryl methyl sites for hydroxylation is 2. The van der Waals surface area contributed by atoms with Crippen molar-refractivity contribution in [3.63, 3.8) is 0 Å². The normalized spacial score (nSPS) is 15.3. The molecule has 0 saturated heterocycles. The Labute approximate surface area is 503 Å². The summed E-state index contributed by atoms with van der Waals surface area (Å²) in [7, 11) is 0. The topological polar surface area (TPSA) is 215 Å². The van der Waals surface area contributed by atoms with Gasteiger partial charge in [-0.3, -0.25) is 0 Å². The van der Waals surface area contributed by atoms with Crippen molar-refractivity contribution >= 4 is 46.8 Å². The SMILES string of the molecule is C[C@H](Nc1nc(Nc2cccc3c2C[C@@H](O)CC3)cc(-c2ccc(C(F)(F)F)cc2)n1)c1ccc(F)cc1.C[C@H](Nc1nc(Nc2cccc3c2C[C@H](O)CC3)cc(-c2ccc(C(F)(F)F)cc2)n1)c1ccc(F)cc1.O=C(O)C(F)(F)F.O=C(O)C(F)(F)F. The predicted octanol–water partition coefficient (Wildman–Crippen LogP) is 15.4. The minimum atomic E-state index is -5.08. The molecular weight excluding hydrogens is 1220 g/mol. The van der Waals surface area contributed by atoms with Crippen molar-refractivity contribution in [3.8, 4) is 22.5 Å². The maximum Gasteiger partial charge on any atom is 0.490 e. The fourth-order valence-corrected chi connectivity index (χ4v) is 9.21. The Morgan fingerprint density at radius 3 is 1.10 bits per heavy atom. The van der Waals surface area contributed by atoms with Crippen molar-refractivity contribution in [1.29, 1.82) is 0 Å². The number of carboxylic acids is 2. The third kappa shape index (κ3) is 19.3. The Balaban J connectivity index is 0.000000211. The van der Waals surface area contributed by atoms with Crippen LogP contribution in [-0.4, -0.2) is 76.9 Å².